The summed E-state index contributed by atoms with van der Waals surface area (Å²) in [6.45, 7) is 10.5. The van der Waals surface area contributed by atoms with Crippen LogP contribution in [0.5, 0.6) is 0 Å². The molecular formula is C22H42O2. The van der Waals surface area contributed by atoms with Crippen molar-refractivity contribution < 1.29 is 9.53 Å². The molecule has 1 atom stereocenters. The van der Waals surface area contributed by atoms with E-state index in [0.29, 0.717) is 18.1 Å². The van der Waals surface area contributed by atoms with Crippen LogP contribution in [0.4, 0.5) is 0 Å². The molecule has 0 saturated heterocycles. The van der Waals surface area contributed by atoms with Crippen LogP contribution in [0.15, 0.2) is 12.2 Å². The summed E-state index contributed by atoms with van der Waals surface area (Å²) in [7, 11) is 0. The van der Waals surface area contributed by atoms with Gasteiger partial charge >= 0.3 is 5.97 Å². The molecule has 0 aliphatic rings. The largest absolute Gasteiger partial charge is 0.462 e. The van der Waals surface area contributed by atoms with E-state index >= 15 is 0 Å². The molecule has 0 rings (SSSR count). The van der Waals surface area contributed by atoms with Crippen molar-refractivity contribution in [1.29, 1.82) is 0 Å². The van der Waals surface area contributed by atoms with E-state index in [-0.39, 0.29) is 5.97 Å². The van der Waals surface area contributed by atoms with Crippen LogP contribution in [0.25, 0.3) is 0 Å². The van der Waals surface area contributed by atoms with Crippen molar-refractivity contribution in [1.82, 2.24) is 0 Å². The third-order valence-electron chi connectivity index (χ3n) is 4.73. The Morgan fingerprint density at radius 2 is 1.21 bits per heavy atom. The molecule has 0 bridgehead atoms. The van der Waals surface area contributed by atoms with E-state index in [9.17, 15) is 4.79 Å². The lowest BCUT2D eigenvalue weighted by molar-refractivity contribution is -0.140. The van der Waals surface area contributed by atoms with E-state index in [1.165, 1.54) is 89.9 Å². The van der Waals surface area contributed by atoms with Gasteiger partial charge in [-0.1, -0.05) is 97.5 Å². The van der Waals surface area contributed by atoms with Crippen LogP contribution < -0.4 is 0 Å². The molecule has 0 saturated carbocycles. The van der Waals surface area contributed by atoms with Crippen molar-refractivity contribution >= 4 is 5.97 Å². The van der Waals surface area contributed by atoms with E-state index in [0.717, 1.165) is 0 Å². The fourth-order valence-electron chi connectivity index (χ4n) is 3.05. The number of carbonyl (C=O) groups excluding carboxylic acids is 1. The molecule has 2 heteroatoms. The molecule has 142 valence electrons. The molecule has 0 aromatic rings. The number of hydrogen-bond donors (Lipinski definition) is 0. The minimum Gasteiger partial charge on any atom is -0.462 e. The summed E-state index contributed by atoms with van der Waals surface area (Å²) in [6, 6.07) is 0. The van der Waals surface area contributed by atoms with Gasteiger partial charge in [0.05, 0.1) is 6.61 Å². The maximum atomic E-state index is 11.6. The monoisotopic (exact) mass is 338 g/mol. The van der Waals surface area contributed by atoms with Crippen LogP contribution in [-0.2, 0) is 9.53 Å². The first-order chi connectivity index (χ1) is 11.6. The van der Waals surface area contributed by atoms with E-state index in [4.69, 9.17) is 4.74 Å². The summed E-state index contributed by atoms with van der Waals surface area (Å²) >= 11 is 0. The molecule has 0 N–H and O–H groups in total. The van der Waals surface area contributed by atoms with Crippen LogP contribution in [0, 0.1) is 5.92 Å². The van der Waals surface area contributed by atoms with Crippen LogP contribution in [0.2, 0.25) is 0 Å². The number of hydrogen-bond acceptors (Lipinski definition) is 2. The van der Waals surface area contributed by atoms with Crippen molar-refractivity contribution in [3.63, 3.8) is 0 Å². The number of rotatable bonds is 17. The third kappa shape index (κ3) is 14.8. The number of carbonyl (C=O) groups is 1. The van der Waals surface area contributed by atoms with Gasteiger partial charge in [-0.3, -0.25) is 0 Å². The normalized spacial score (nSPS) is 12.1. The molecule has 0 fully saturated rings. The Balaban J connectivity index is 3.87. The van der Waals surface area contributed by atoms with Crippen molar-refractivity contribution in [2.45, 2.75) is 111 Å². The van der Waals surface area contributed by atoms with Crippen molar-refractivity contribution in [2.75, 3.05) is 6.61 Å². The quantitative estimate of drug-likeness (QED) is 0.159. The molecule has 0 radical (unpaired) electrons. The second-order valence-electron chi connectivity index (χ2n) is 7.36. The van der Waals surface area contributed by atoms with Crippen molar-refractivity contribution in [2.24, 2.45) is 5.92 Å². The first-order valence-electron chi connectivity index (χ1n) is 10.4. The van der Waals surface area contributed by atoms with Crippen molar-refractivity contribution in [3.05, 3.63) is 12.2 Å². The van der Waals surface area contributed by atoms with Gasteiger partial charge in [0.15, 0.2) is 0 Å². The summed E-state index contributed by atoms with van der Waals surface area (Å²) in [5.74, 6) is 0.301. The molecule has 0 amide bonds. The summed E-state index contributed by atoms with van der Waals surface area (Å²) in [4.78, 5) is 11.6. The van der Waals surface area contributed by atoms with Gasteiger partial charge in [0.1, 0.15) is 0 Å². The Bertz CT molecular complexity index is 309. The number of unbranched alkanes of at least 4 members (excludes halogenated alkanes) is 10. The van der Waals surface area contributed by atoms with Gasteiger partial charge < -0.3 is 4.74 Å². The Morgan fingerprint density at radius 1 is 0.792 bits per heavy atom. The molecule has 0 aliphatic heterocycles. The predicted molar refractivity (Wildman–Crippen MR) is 105 cm³/mol. The molecule has 0 heterocycles. The van der Waals surface area contributed by atoms with Crippen LogP contribution >= 0.6 is 0 Å². The molecule has 1 unspecified atom stereocenters. The SMILES string of the molecule is C=C(C)C(=O)OCC(CCCCCC)CCCCCCCCCC. The molecule has 0 aromatic carbocycles. The topological polar surface area (TPSA) is 26.3 Å². The lowest BCUT2D eigenvalue weighted by Crippen LogP contribution is -2.15. The highest BCUT2D eigenvalue weighted by Gasteiger charge is 2.12. The minimum atomic E-state index is -0.232. The molecule has 0 spiro atoms. The highest BCUT2D eigenvalue weighted by molar-refractivity contribution is 5.86. The molecule has 0 aromatic heterocycles. The van der Waals surface area contributed by atoms with Crippen LogP contribution in [0.1, 0.15) is 111 Å². The Hall–Kier alpha value is -0.790. The van der Waals surface area contributed by atoms with E-state index in [1.54, 1.807) is 6.92 Å². The Labute approximate surface area is 151 Å². The molecular weight excluding hydrogens is 296 g/mol. The molecule has 24 heavy (non-hydrogen) atoms. The average Bonchev–Trinajstić information content (AvgIpc) is 2.57. The lowest BCUT2D eigenvalue weighted by atomic mass is 9.95. The van der Waals surface area contributed by atoms with Crippen LogP contribution in [-0.4, -0.2) is 12.6 Å². The van der Waals surface area contributed by atoms with Crippen molar-refractivity contribution in [3.8, 4) is 0 Å². The summed E-state index contributed by atoms with van der Waals surface area (Å²) in [5.41, 5.74) is 0.506. The van der Waals surface area contributed by atoms with Gasteiger partial charge in [0.25, 0.3) is 0 Å². The second-order valence-corrected chi connectivity index (χ2v) is 7.36. The maximum Gasteiger partial charge on any atom is 0.333 e. The zero-order chi connectivity index (χ0) is 18.0. The fourth-order valence-corrected chi connectivity index (χ4v) is 3.05. The lowest BCUT2D eigenvalue weighted by Gasteiger charge is -2.17. The first-order valence-corrected chi connectivity index (χ1v) is 10.4. The van der Waals surface area contributed by atoms with Gasteiger partial charge in [0, 0.05) is 5.57 Å². The summed E-state index contributed by atoms with van der Waals surface area (Å²) < 4.78 is 5.41. The van der Waals surface area contributed by atoms with Gasteiger partial charge in [-0.2, -0.15) is 0 Å². The summed E-state index contributed by atoms with van der Waals surface area (Å²) in [5, 5.41) is 0. The average molecular weight is 339 g/mol. The molecule has 0 aliphatic carbocycles. The fraction of sp³-hybridized carbons (Fsp3) is 0.864. The highest BCUT2D eigenvalue weighted by Crippen LogP contribution is 2.20. The standard InChI is InChI=1S/C22H42O2/c1-5-7-9-11-12-13-14-16-18-21(17-15-10-8-6-2)19-24-22(23)20(3)4/h21H,3,5-19H2,1-2,4H3. The van der Waals surface area contributed by atoms with E-state index in [2.05, 4.69) is 20.4 Å². The highest BCUT2D eigenvalue weighted by atomic mass is 16.5. The summed E-state index contributed by atoms with van der Waals surface area (Å²) in [6.07, 6.45) is 18.4. The second kappa shape index (κ2) is 17.0. The maximum absolute atomic E-state index is 11.6. The van der Waals surface area contributed by atoms with Gasteiger partial charge in [-0.15, -0.1) is 0 Å². The van der Waals surface area contributed by atoms with Gasteiger partial charge in [-0.05, 0) is 25.7 Å². The van der Waals surface area contributed by atoms with Gasteiger partial charge in [0.2, 0.25) is 0 Å². The molecule has 2 nitrogen and oxygen atoms in total. The number of ether oxygens (including phenoxy) is 1. The Morgan fingerprint density at radius 3 is 1.67 bits per heavy atom. The van der Waals surface area contributed by atoms with E-state index < -0.39 is 0 Å². The minimum absolute atomic E-state index is 0.232. The predicted octanol–water partition coefficient (Wildman–Crippen LogP) is 7.22. The Kier molecular flexibility index (Phi) is 16.5. The number of esters is 1. The third-order valence-corrected chi connectivity index (χ3v) is 4.73. The zero-order valence-electron chi connectivity index (χ0n) is 16.7. The smallest absolute Gasteiger partial charge is 0.333 e. The van der Waals surface area contributed by atoms with Gasteiger partial charge in [-0.25, -0.2) is 4.79 Å². The van der Waals surface area contributed by atoms with Crippen LogP contribution in [0.3, 0.4) is 0 Å². The van der Waals surface area contributed by atoms with E-state index in [1.807, 2.05) is 0 Å². The first kappa shape index (κ1) is 23.2. The zero-order valence-corrected chi connectivity index (χ0v) is 16.7.